The van der Waals surface area contributed by atoms with Crippen LogP contribution in [0.3, 0.4) is 0 Å². The number of aromatic nitrogens is 3. The van der Waals surface area contributed by atoms with Crippen LogP contribution in [0.15, 0.2) is 41.1 Å². The zero-order valence-electron chi connectivity index (χ0n) is 11.1. The lowest BCUT2D eigenvalue weighted by molar-refractivity contribution is 0.414. The normalized spacial score (nSPS) is 10.6. The number of rotatable bonds is 3. The number of pyridine rings is 1. The summed E-state index contributed by atoms with van der Waals surface area (Å²) in [7, 11) is 1.57. The first-order valence-electron chi connectivity index (χ1n) is 6.07. The highest BCUT2D eigenvalue weighted by Gasteiger charge is 2.14. The number of methoxy groups -OCH3 is 1. The quantitative estimate of drug-likeness (QED) is 0.748. The fourth-order valence-electron chi connectivity index (χ4n) is 1.81. The average molecular weight is 303 g/mol. The summed E-state index contributed by atoms with van der Waals surface area (Å²) < 4.78 is 10.3. The minimum absolute atomic E-state index is 0.321. The lowest BCUT2D eigenvalue weighted by Crippen LogP contribution is -1.92. The Morgan fingerprint density at radius 3 is 2.76 bits per heavy atom. The molecule has 0 spiro atoms. The molecule has 7 heteroatoms. The van der Waals surface area contributed by atoms with Crippen molar-refractivity contribution < 1.29 is 9.26 Å². The summed E-state index contributed by atoms with van der Waals surface area (Å²) in [4.78, 5) is 8.43. The van der Waals surface area contributed by atoms with Crippen molar-refractivity contribution in [3.05, 3.63) is 41.6 Å². The van der Waals surface area contributed by atoms with Gasteiger partial charge in [-0.05, 0) is 24.3 Å². The van der Waals surface area contributed by atoms with Crippen molar-refractivity contribution >= 4 is 17.3 Å². The number of nitrogens with two attached hydrogens (primary N) is 1. The maximum atomic E-state index is 5.96. The highest BCUT2D eigenvalue weighted by atomic mass is 35.5. The minimum atomic E-state index is 0.321. The van der Waals surface area contributed by atoms with Crippen LogP contribution in [0.2, 0.25) is 5.02 Å². The topological polar surface area (TPSA) is 87.1 Å². The summed E-state index contributed by atoms with van der Waals surface area (Å²) in [5, 5.41) is 4.44. The molecule has 0 atom stereocenters. The summed E-state index contributed by atoms with van der Waals surface area (Å²) in [6.07, 6.45) is 1.52. The standard InChI is InChI=1S/C14H11ClN4O2/c1-20-9-3-4-10(11(16)6-9)14-18-13(19-21-14)12-5-2-8(15)7-17-12/h2-7H,16H2,1H3. The van der Waals surface area contributed by atoms with E-state index < -0.39 is 0 Å². The van der Waals surface area contributed by atoms with E-state index in [9.17, 15) is 0 Å². The third kappa shape index (κ3) is 2.66. The van der Waals surface area contributed by atoms with Crippen molar-refractivity contribution in [1.29, 1.82) is 0 Å². The number of anilines is 1. The van der Waals surface area contributed by atoms with Gasteiger partial charge in [-0.1, -0.05) is 16.8 Å². The molecule has 0 radical (unpaired) electrons. The highest BCUT2D eigenvalue weighted by molar-refractivity contribution is 6.30. The van der Waals surface area contributed by atoms with E-state index in [1.165, 1.54) is 6.20 Å². The molecule has 6 nitrogen and oxygen atoms in total. The van der Waals surface area contributed by atoms with E-state index in [4.69, 9.17) is 26.6 Å². The van der Waals surface area contributed by atoms with Gasteiger partial charge in [0.05, 0.1) is 17.7 Å². The van der Waals surface area contributed by atoms with E-state index in [-0.39, 0.29) is 0 Å². The number of nitrogen functional groups attached to an aromatic ring is 1. The predicted molar refractivity (Wildman–Crippen MR) is 78.9 cm³/mol. The van der Waals surface area contributed by atoms with E-state index >= 15 is 0 Å². The number of halogens is 1. The fourth-order valence-corrected chi connectivity index (χ4v) is 1.92. The van der Waals surface area contributed by atoms with Gasteiger partial charge in [0.15, 0.2) is 0 Å². The highest BCUT2D eigenvalue weighted by Crippen LogP contribution is 2.29. The summed E-state index contributed by atoms with van der Waals surface area (Å²) in [5.74, 6) is 1.36. The van der Waals surface area contributed by atoms with Gasteiger partial charge >= 0.3 is 0 Å². The lowest BCUT2D eigenvalue weighted by Gasteiger charge is -2.03. The van der Waals surface area contributed by atoms with Crippen LogP contribution >= 0.6 is 11.6 Å². The second-order valence-corrected chi connectivity index (χ2v) is 4.67. The monoisotopic (exact) mass is 302 g/mol. The minimum Gasteiger partial charge on any atom is -0.497 e. The molecule has 2 heterocycles. The van der Waals surface area contributed by atoms with Crippen LogP contribution in [0.4, 0.5) is 5.69 Å². The third-order valence-corrected chi connectivity index (χ3v) is 3.10. The largest absolute Gasteiger partial charge is 0.497 e. The van der Waals surface area contributed by atoms with Gasteiger partial charge in [0, 0.05) is 18.0 Å². The van der Waals surface area contributed by atoms with Crippen LogP contribution in [0.1, 0.15) is 0 Å². The molecule has 106 valence electrons. The Morgan fingerprint density at radius 1 is 1.24 bits per heavy atom. The van der Waals surface area contributed by atoms with E-state index in [0.717, 1.165) is 0 Å². The number of hydrogen-bond donors (Lipinski definition) is 1. The molecular formula is C14H11ClN4O2. The fraction of sp³-hybridized carbons (Fsp3) is 0.0714. The van der Waals surface area contributed by atoms with Gasteiger partial charge < -0.3 is 15.0 Å². The van der Waals surface area contributed by atoms with Crippen molar-refractivity contribution in [2.24, 2.45) is 0 Å². The van der Waals surface area contributed by atoms with E-state index in [1.54, 1.807) is 37.4 Å². The summed E-state index contributed by atoms with van der Waals surface area (Å²) in [5.41, 5.74) is 7.66. The maximum absolute atomic E-state index is 5.96. The van der Waals surface area contributed by atoms with Gasteiger partial charge in [0.25, 0.3) is 5.89 Å². The second kappa shape index (κ2) is 5.41. The molecule has 0 aliphatic rings. The molecular weight excluding hydrogens is 292 g/mol. The van der Waals surface area contributed by atoms with Gasteiger partial charge in [-0.25, -0.2) is 0 Å². The third-order valence-electron chi connectivity index (χ3n) is 2.87. The molecule has 0 amide bonds. The van der Waals surface area contributed by atoms with Crippen LogP contribution in [-0.2, 0) is 0 Å². The van der Waals surface area contributed by atoms with Crippen LogP contribution in [0.25, 0.3) is 23.0 Å². The van der Waals surface area contributed by atoms with Gasteiger partial charge in [0.1, 0.15) is 11.4 Å². The van der Waals surface area contributed by atoms with Crippen molar-refractivity contribution in [3.8, 4) is 28.7 Å². The van der Waals surface area contributed by atoms with Crippen molar-refractivity contribution in [2.45, 2.75) is 0 Å². The molecule has 3 rings (SSSR count). The summed E-state index contributed by atoms with van der Waals surface area (Å²) >= 11 is 5.79. The molecule has 0 saturated heterocycles. The first-order chi connectivity index (χ1) is 10.2. The molecule has 0 aliphatic carbocycles. The lowest BCUT2D eigenvalue weighted by atomic mass is 10.1. The van der Waals surface area contributed by atoms with Gasteiger partial charge in [0.2, 0.25) is 5.82 Å². The summed E-state index contributed by atoms with van der Waals surface area (Å²) in [6, 6.07) is 8.66. The molecule has 0 unspecified atom stereocenters. The molecule has 0 fully saturated rings. The van der Waals surface area contributed by atoms with Crippen LogP contribution < -0.4 is 10.5 Å². The van der Waals surface area contributed by atoms with E-state index in [1.807, 2.05) is 0 Å². The molecule has 2 N–H and O–H groups in total. The van der Waals surface area contributed by atoms with Crippen molar-refractivity contribution in [3.63, 3.8) is 0 Å². The second-order valence-electron chi connectivity index (χ2n) is 4.24. The van der Waals surface area contributed by atoms with Gasteiger partial charge in [-0.15, -0.1) is 0 Å². The average Bonchev–Trinajstić information content (AvgIpc) is 2.97. The van der Waals surface area contributed by atoms with E-state index in [2.05, 4.69) is 15.1 Å². The Kier molecular flexibility index (Phi) is 3.45. The molecule has 0 bridgehead atoms. The SMILES string of the molecule is COc1ccc(-c2nc(-c3ccc(Cl)cn3)no2)c(N)c1. The molecule has 0 aliphatic heterocycles. The Labute approximate surface area is 125 Å². The van der Waals surface area contributed by atoms with Crippen molar-refractivity contribution in [2.75, 3.05) is 12.8 Å². The number of ether oxygens (including phenoxy) is 1. The van der Waals surface area contributed by atoms with Gasteiger partial charge in [-0.3, -0.25) is 4.98 Å². The zero-order valence-corrected chi connectivity index (χ0v) is 11.8. The Hall–Kier alpha value is -2.60. The first kappa shape index (κ1) is 13.4. The number of nitrogens with zero attached hydrogens (tertiary/aromatic N) is 3. The zero-order chi connectivity index (χ0) is 14.8. The first-order valence-corrected chi connectivity index (χ1v) is 6.44. The number of hydrogen-bond acceptors (Lipinski definition) is 6. The van der Waals surface area contributed by atoms with Crippen molar-refractivity contribution in [1.82, 2.24) is 15.1 Å². The van der Waals surface area contributed by atoms with Crippen LogP contribution in [0.5, 0.6) is 5.75 Å². The maximum Gasteiger partial charge on any atom is 0.260 e. The molecule has 2 aromatic heterocycles. The van der Waals surface area contributed by atoms with Gasteiger partial charge in [-0.2, -0.15) is 4.98 Å². The Balaban J connectivity index is 1.96. The molecule has 21 heavy (non-hydrogen) atoms. The summed E-state index contributed by atoms with van der Waals surface area (Å²) in [6.45, 7) is 0. The van der Waals surface area contributed by atoms with E-state index in [0.29, 0.717) is 39.4 Å². The Bertz CT molecular complexity index is 771. The molecule has 1 aromatic carbocycles. The van der Waals surface area contributed by atoms with Crippen LogP contribution in [0, 0.1) is 0 Å². The smallest absolute Gasteiger partial charge is 0.260 e. The van der Waals surface area contributed by atoms with Crippen LogP contribution in [-0.4, -0.2) is 22.2 Å². The number of benzene rings is 1. The molecule has 0 saturated carbocycles. The predicted octanol–water partition coefficient (Wildman–Crippen LogP) is 3.04. The Morgan fingerprint density at radius 2 is 2.10 bits per heavy atom. The molecule has 3 aromatic rings.